The lowest BCUT2D eigenvalue weighted by atomic mass is 10.1. The largest absolute Gasteiger partial charge is 0.448 e. The van der Waals surface area contributed by atoms with Crippen LogP contribution in [0.5, 0.6) is 0 Å². The van der Waals surface area contributed by atoms with E-state index < -0.39 is 12.1 Å². The van der Waals surface area contributed by atoms with Gasteiger partial charge in [0.25, 0.3) is 5.91 Å². The molecule has 0 fully saturated rings. The molecular formula is C19H27N3O3. The average Bonchev–Trinajstić information content (AvgIpc) is 2.84. The van der Waals surface area contributed by atoms with Crippen LogP contribution in [-0.4, -0.2) is 29.1 Å². The second-order valence-electron chi connectivity index (χ2n) is 5.94. The van der Waals surface area contributed by atoms with Gasteiger partial charge in [-0.3, -0.25) is 4.79 Å². The van der Waals surface area contributed by atoms with Crippen LogP contribution in [0.2, 0.25) is 0 Å². The summed E-state index contributed by atoms with van der Waals surface area (Å²) in [6, 6.07) is 3.82. The fourth-order valence-electron chi connectivity index (χ4n) is 2.52. The summed E-state index contributed by atoms with van der Waals surface area (Å²) >= 11 is 0. The number of aryl methyl sites for hydroxylation is 1. The van der Waals surface area contributed by atoms with E-state index in [9.17, 15) is 14.9 Å². The normalized spacial score (nSPS) is 12.4. The molecule has 0 aliphatic heterocycles. The summed E-state index contributed by atoms with van der Waals surface area (Å²) < 4.78 is 7.26. The lowest BCUT2D eigenvalue weighted by Gasteiger charge is -2.12. The molecule has 0 unspecified atom stereocenters. The first-order valence-electron chi connectivity index (χ1n) is 8.62. The maximum absolute atomic E-state index is 12.2. The van der Waals surface area contributed by atoms with Gasteiger partial charge in [-0.25, -0.2) is 4.79 Å². The number of unbranched alkanes of at least 4 members (excludes halogenated alkanes) is 1. The van der Waals surface area contributed by atoms with E-state index in [1.54, 1.807) is 6.92 Å². The highest BCUT2D eigenvalue weighted by atomic mass is 16.5. The van der Waals surface area contributed by atoms with Crippen LogP contribution in [0.4, 0.5) is 0 Å². The summed E-state index contributed by atoms with van der Waals surface area (Å²) in [4.78, 5) is 23.8. The van der Waals surface area contributed by atoms with Crippen molar-refractivity contribution < 1.29 is 14.3 Å². The third kappa shape index (κ3) is 5.49. The van der Waals surface area contributed by atoms with Gasteiger partial charge in [-0.15, -0.1) is 0 Å². The number of ether oxygens (including phenoxy) is 1. The van der Waals surface area contributed by atoms with Gasteiger partial charge in [0.15, 0.2) is 6.10 Å². The standard InChI is InChI=1S/C19H27N3O3/c1-6-8-9-22-13(3)10-16(14(22)4)11-17(12-20)19(24)25-15(5)18(23)21-7-2/h10-11,15H,6-9H2,1-5H3,(H,21,23)/b17-11+/t15-/m0/s1. The lowest BCUT2D eigenvalue weighted by Crippen LogP contribution is -2.35. The minimum absolute atomic E-state index is 0.119. The maximum Gasteiger partial charge on any atom is 0.349 e. The monoisotopic (exact) mass is 345 g/mol. The molecule has 0 aromatic carbocycles. The molecule has 0 saturated carbocycles. The molecular weight excluding hydrogens is 318 g/mol. The molecule has 1 aromatic rings. The van der Waals surface area contributed by atoms with Crippen LogP contribution in [0.1, 0.15) is 50.6 Å². The molecule has 0 aliphatic carbocycles. The van der Waals surface area contributed by atoms with Gasteiger partial charge in [0.05, 0.1) is 0 Å². The Morgan fingerprint density at radius 2 is 2.08 bits per heavy atom. The second kappa shape index (κ2) is 9.67. The fourth-order valence-corrected chi connectivity index (χ4v) is 2.52. The van der Waals surface area contributed by atoms with Crippen LogP contribution in [0.15, 0.2) is 11.6 Å². The molecule has 1 aromatic heterocycles. The predicted octanol–water partition coefficient (Wildman–Crippen LogP) is 2.88. The quantitative estimate of drug-likeness (QED) is 0.446. The van der Waals surface area contributed by atoms with Crippen LogP contribution in [-0.2, 0) is 20.9 Å². The summed E-state index contributed by atoms with van der Waals surface area (Å²) in [5.41, 5.74) is 2.78. The minimum Gasteiger partial charge on any atom is -0.448 e. The Labute approximate surface area is 149 Å². The molecule has 1 rings (SSSR count). The van der Waals surface area contributed by atoms with Crippen molar-refractivity contribution in [1.82, 2.24) is 9.88 Å². The summed E-state index contributed by atoms with van der Waals surface area (Å²) in [5, 5.41) is 11.9. The molecule has 0 saturated heterocycles. The first kappa shape index (κ1) is 20.5. The van der Waals surface area contributed by atoms with Crippen molar-refractivity contribution in [2.75, 3.05) is 6.54 Å². The molecule has 0 bridgehead atoms. The molecule has 1 heterocycles. The van der Waals surface area contributed by atoms with Crippen LogP contribution in [0, 0.1) is 25.2 Å². The van der Waals surface area contributed by atoms with E-state index in [0.29, 0.717) is 6.54 Å². The third-order valence-electron chi connectivity index (χ3n) is 3.99. The number of hydrogen-bond donors (Lipinski definition) is 1. The van der Waals surface area contributed by atoms with Crippen LogP contribution < -0.4 is 5.32 Å². The van der Waals surface area contributed by atoms with Gasteiger partial charge in [0.2, 0.25) is 0 Å². The highest BCUT2D eigenvalue weighted by Crippen LogP contribution is 2.19. The number of amides is 1. The van der Waals surface area contributed by atoms with E-state index in [1.165, 1.54) is 13.0 Å². The highest BCUT2D eigenvalue weighted by molar-refractivity contribution is 5.99. The van der Waals surface area contributed by atoms with Crippen LogP contribution in [0.25, 0.3) is 6.08 Å². The van der Waals surface area contributed by atoms with Crippen molar-refractivity contribution in [2.24, 2.45) is 0 Å². The molecule has 6 heteroatoms. The zero-order chi connectivity index (χ0) is 19.0. The molecule has 1 N–H and O–H groups in total. The molecule has 136 valence electrons. The first-order valence-corrected chi connectivity index (χ1v) is 8.62. The number of carbonyl (C=O) groups is 2. The smallest absolute Gasteiger partial charge is 0.349 e. The Hall–Kier alpha value is -2.55. The Morgan fingerprint density at radius 3 is 2.64 bits per heavy atom. The van der Waals surface area contributed by atoms with Crippen molar-refractivity contribution in [3.63, 3.8) is 0 Å². The van der Waals surface area contributed by atoms with Gasteiger partial charge in [-0.1, -0.05) is 13.3 Å². The number of carbonyl (C=O) groups excluding carboxylic acids is 2. The summed E-state index contributed by atoms with van der Waals surface area (Å²) in [5.74, 6) is -1.18. The average molecular weight is 345 g/mol. The van der Waals surface area contributed by atoms with E-state index in [-0.39, 0.29) is 11.5 Å². The lowest BCUT2D eigenvalue weighted by molar-refractivity contribution is -0.150. The van der Waals surface area contributed by atoms with Gasteiger partial charge >= 0.3 is 5.97 Å². The van der Waals surface area contributed by atoms with Gasteiger partial charge in [0, 0.05) is 24.5 Å². The molecule has 1 atom stereocenters. The van der Waals surface area contributed by atoms with E-state index >= 15 is 0 Å². The van der Waals surface area contributed by atoms with E-state index in [1.807, 2.05) is 26.0 Å². The Morgan fingerprint density at radius 1 is 1.40 bits per heavy atom. The molecule has 6 nitrogen and oxygen atoms in total. The molecule has 25 heavy (non-hydrogen) atoms. The number of esters is 1. The van der Waals surface area contributed by atoms with Crippen molar-refractivity contribution in [3.05, 3.63) is 28.6 Å². The predicted molar refractivity (Wildman–Crippen MR) is 96.6 cm³/mol. The number of aromatic nitrogens is 1. The van der Waals surface area contributed by atoms with E-state index in [0.717, 1.165) is 36.3 Å². The van der Waals surface area contributed by atoms with Crippen molar-refractivity contribution >= 4 is 18.0 Å². The van der Waals surface area contributed by atoms with Gasteiger partial charge in [-0.05, 0) is 51.8 Å². The van der Waals surface area contributed by atoms with E-state index in [2.05, 4.69) is 16.8 Å². The van der Waals surface area contributed by atoms with Crippen LogP contribution >= 0.6 is 0 Å². The SMILES string of the molecule is CCCCn1c(C)cc(/C=C(\C#N)C(=O)O[C@@H](C)C(=O)NCC)c1C. The number of nitriles is 1. The highest BCUT2D eigenvalue weighted by Gasteiger charge is 2.20. The molecule has 0 radical (unpaired) electrons. The zero-order valence-electron chi connectivity index (χ0n) is 15.7. The fraction of sp³-hybridized carbons (Fsp3) is 0.526. The molecule has 0 aliphatic rings. The van der Waals surface area contributed by atoms with Crippen molar-refractivity contribution in [1.29, 1.82) is 5.26 Å². The maximum atomic E-state index is 12.2. The van der Waals surface area contributed by atoms with Gasteiger partial charge in [-0.2, -0.15) is 5.26 Å². The number of hydrogen-bond acceptors (Lipinski definition) is 4. The number of likely N-dealkylation sites (N-methyl/N-ethyl adjacent to an activating group) is 1. The molecule has 0 spiro atoms. The third-order valence-corrected chi connectivity index (χ3v) is 3.99. The number of nitrogens with one attached hydrogen (secondary N) is 1. The van der Waals surface area contributed by atoms with E-state index in [4.69, 9.17) is 4.74 Å². The summed E-state index contributed by atoms with van der Waals surface area (Å²) in [6.07, 6.45) is 2.74. The van der Waals surface area contributed by atoms with Gasteiger partial charge < -0.3 is 14.6 Å². The summed E-state index contributed by atoms with van der Waals surface area (Å²) in [7, 11) is 0. The molecule has 1 amide bonds. The Kier molecular flexibility index (Phi) is 7.93. The number of rotatable bonds is 8. The summed E-state index contributed by atoms with van der Waals surface area (Å²) in [6.45, 7) is 10.7. The van der Waals surface area contributed by atoms with Crippen LogP contribution in [0.3, 0.4) is 0 Å². The number of nitrogens with zero attached hydrogens (tertiary/aromatic N) is 2. The second-order valence-corrected chi connectivity index (χ2v) is 5.94. The van der Waals surface area contributed by atoms with Crippen molar-refractivity contribution in [3.8, 4) is 6.07 Å². The topological polar surface area (TPSA) is 84.1 Å². The minimum atomic E-state index is -0.943. The Balaban J connectivity index is 2.98. The van der Waals surface area contributed by atoms with Gasteiger partial charge in [0.1, 0.15) is 11.6 Å². The first-order chi connectivity index (χ1) is 11.8. The Bertz CT molecular complexity index is 696. The zero-order valence-corrected chi connectivity index (χ0v) is 15.7. The van der Waals surface area contributed by atoms with Crippen molar-refractivity contribution in [2.45, 2.75) is 60.1 Å².